The van der Waals surface area contributed by atoms with Crippen LogP contribution in [0, 0.1) is 5.92 Å². The maximum atomic E-state index is 5.41. The Morgan fingerprint density at radius 1 is 1.18 bits per heavy atom. The largest absolute Gasteiger partial charge is 0.334 e. The smallest absolute Gasteiger partial charge is 0.259 e. The molecular formula is C18H25N3O. The van der Waals surface area contributed by atoms with Gasteiger partial charge in [0, 0.05) is 18.3 Å². The molecule has 0 aromatic carbocycles. The average Bonchev–Trinajstić information content (AvgIpc) is 3.07. The minimum atomic E-state index is 0.469. The minimum absolute atomic E-state index is 0.469. The van der Waals surface area contributed by atoms with Crippen LogP contribution in [0.3, 0.4) is 0 Å². The zero-order chi connectivity index (χ0) is 15.2. The number of hydrogen-bond acceptors (Lipinski definition) is 4. The van der Waals surface area contributed by atoms with E-state index < -0.39 is 0 Å². The summed E-state index contributed by atoms with van der Waals surface area (Å²) in [5.41, 5.74) is 0.898. The first-order valence-corrected chi connectivity index (χ1v) is 8.60. The summed E-state index contributed by atoms with van der Waals surface area (Å²) in [5.74, 6) is 2.85. The Balaban J connectivity index is 1.55. The van der Waals surface area contributed by atoms with Gasteiger partial charge in [-0.15, -0.1) is 0 Å². The molecule has 0 bridgehead atoms. The molecule has 3 rings (SSSR count). The molecule has 1 aliphatic rings. The number of unbranched alkanes of at least 4 members (excludes halogenated alkanes) is 2. The fourth-order valence-electron chi connectivity index (χ4n) is 3.40. The van der Waals surface area contributed by atoms with E-state index in [1.807, 2.05) is 12.1 Å². The summed E-state index contributed by atoms with van der Waals surface area (Å²) < 4.78 is 5.41. The van der Waals surface area contributed by atoms with Gasteiger partial charge in [0.15, 0.2) is 5.82 Å². The van der Waals surface area contributed by atoms with E-state index in [1.54, 1.807) is 12.4 Å². The van der Waals surface area contributed by atoms with Crippen molar-refractivity contribution >= 4 is 0 Å². The van der Waals surface area contributed by atoms with Gasteiger partial charge in [-0.25, -0.2) is 0 Å². The summed E-state index contributed by atoms with van der Waals surface area (Å²) in [6.07, 6.45) is 14.0. The average molecular weight is 299 g/mol. The fraction of sp³-hybridized carbons (Fsp3) is 0.611. The van der Waals surface area contributed by atoms with Crippen molar-refractivity contribution in [2.24, 2.45) is 5.92 Å². The highest BCUT2D eigenvalue weighted by atomic mass is 16.5. The first-order chi connectivity index (χ1) is 10.9. The van der Waals surface area contributed by atoms with E-state index in [4.69, 9.17) is 4.52 Å². The zero-order valence-corrected chi connectivity index (χ0v) is 13.4. The Morgan fingerprint density at radius 3 is 2.77 bits per heavy atom. The standard InChI is InChI=1S/C18H25N3O/c1-2-3-4-6-14-8-10-15(11-9-14)17-20-18(22-21-17)16-7-5-12-19-13-16/h5,7,12-15H,2-4,6,8-11H2,1H3/t14-,15-. The summed E-state index contributed by atoms with van der Waals surface area (Å²) in [7, 11) is 0. The second-order valence-electron chi connectivity index (χ2n) is 6.41. The Hall–Kier alpha value is -1.71. The second kappa shape index (κ2) is 7.52. The van der Waals surface area contributed by atoms with Gasteiger partial charge >= 0.3 is 0 Å². The zero-order valence-electron chi connectivity index (χ0n) is 13.4. The molecule has 0 amide bonds. The van der Waals surface area contributed by atoms with Crippen LogP contribution in [0.15, 0.2) is 29.0 Å². The van der Waals surface area contributed by atoms with Crippen LogP contribution in [-0.4, -0.2) is 15.1 Å². The predicted octanol–water partition coefficient (Wildman–Crippen LogP) is 4.99. The summed E-state index contributed by atoms with van der Waals surface area (Å²) in [6.45, 7) is 2.27. The molecule has 2 aromatic rings. The van der Waals surface area contributed by atoms with Crippen molar-refractivity contribution in [3.05, 3.63) is 30.4 Å². The third kappa shape index (κ3) is 3.73. The minimum Gasteiger partial charge on any atom is -0.334 e. The number of rotatable bonds is 6. The van der Waals surface area contributed by atoms with Gasteiger partial charge in [0.25, 0.3) is 5.89 Å². The molecule has 1 fully saturated rings. The lowest BCUT2D eigenvalue weighted by atomic mass is 9.79. The van der Waals surface area contributed by atoms with Gasteiger partial charge in [0.2, 0.25) is 0 Å². The van der Waals surface area contributed by atoms with E-state index in [2.05, 4.69) is 22.0 Å². The van der Waals surface area contributed by atoms with Gasteiger partial charge in [-0.1, -0.05) is 37.8 Å². The quantitative estimate of drug-likeness (QED) is 0.705. The van der Waals surface area contributed by atoms with Crippen LogP contribution in [0.25, 0.3) is 11.5 Å². The van der Waals surface area contributed by atoms with Crippen molar-refractivity contribution in [3.8, 4) is 11.5 Å². The highest BCUT2D eigenvalue weighted by Crippen LogP contribution is 2.37. The first kappa shape index (κ1) is 15.2. The van der Waals surface area contributed by atoms with Crippen molar-refractivity contribution in [1.29, 1.82) is 0 Å². The van der Waals surface area contributed by atoms with Gasteiger partial charge in [-0.3, -0.25) is 4.98 Å². The number of pyridine rings is 1. The Kier molecular flexibility index (Phi) is 5.20. The normalized spacial score (nSPS) is 21.9. The number of aromatic nitrogens is 3. The molecule has 2 heterocycles. The lowest BCUT2D eigenvalue weighted by Gasteiger charge is -2.26. The lowest BCUT2D eigenvalue weighted by molar-refractivity contribution is 0.292. The first-order valence-electron chi connectivity index (χ1n) is 8.60. The highest BCUT2D eigenvalue weighted by molar-refractivity contribution is 5.50. The van der Waals surface area contributed by atoms with Crippen LogP contribution < -0.4 is 0 Å². The van der Waals surface area contributed by atoms with E-state index >= 15 is 0 Å². The molecule has 0 spiro atoms. The summed E-state index contributed by atoms with van der Waals surface area (Å²) in [6, 6.07) is 3.84. The maximum Gasteiger partial charge on any atom is 0.259 e. The number of nitrogens with zero attached hydrogens (tertiary/aromatic N) is 3. The third-order valence-electron chi connectivity index (χ3n) is 4.78. The summed E-state index contributed by atoms with van der Waals surface area (Å²) in [4.78, 5) is 8.69. The molecule has 1 saturated carbocycles. The molecule has 0 saturated heterocycles. The maximum absolute atomic E-state index is 5.41. The lowest BCUT2D eigenvalue weighted by Crippen LogP contribution is -2.14. The topological polar surface area (TPSA) is 51.8 Å². The molecular weight excluding hydrogens is 274 g/mol. The van der Waals surface area contributed by atoms with E-state index in [9.17, 15) is 0 Å². The van der Waals surface area contributed by atoms with Crippen LogP contribution in [0.5, 0.6) is 0 Å². The molecule has 1 aliphatic carbocycles. The molecule has 0 aliphatic heterocycles. The van der Waals surface area contributed by atoms with Crippen LogP contribution in [0.1, 0.15) is 70.0 Å². The van der Waals surface area contributed by atoms with E-state index in [0.717, 1.165) is 17.3 Å². The van der Waals surface area contributed by atoms with Gasteiger partial charge in [-0.2, -0.15) is 4.98 Å². The van der Waals surface area contributed by atoms with Crippen LogP contribution in [0.4, 0.5) is 0 Å². The summed E-state index contributed by atoms with van der Waals surface area (Å²) >= 11 is 0. The Labute approximate surface area is 132 Å². The Morgan fingerprint density at radius 2 is 2.05 bits per heavy atom. The van der Waals surface area contributed by atoms with Crippen molar-refractivity contribution < 1.29 is 4.52 Å². The molecule has 118 valence electrons. The van der Waals surface area contributed by atoms with Gasteiger partial charge in [0.1, 0.15) is 0 Å². The molecule has 0 atom stereocenters. The van der Waals surface area contributed by atoms with Crippen molar-refractivity contribution in [1.82, 2.24) is 15.1 Å². The molecule has 0 unspecified atom stereocenters. The summed E-state index contributed by atoms with van der Waals surface area (Å²) in [5, 5.41) is 4.20. The number of hydrogen-bond donors (Lipinski definition) is 0. The molecule has 0 radical (unpaired) electrons. The van der Waals surface area contributed by atoms with Gasteiger partial charge < -0.3 is 4.52 Å². The SMILES string of the molecule is CCCCC[C@H]1CC[C@H](c2noc(-c3cccnc3)n2)CC1. The van der Waals surface area contributed by atoms with Crippen LogP contribution in [-0.2, 0) is 0 Å². The second-order valence-corrected chi connectivity index (χ2v) is 6.41. The monoisotopic (exact) mass is 299 g/mol. The third-order valence-corrected chi connectivity index (χ3v) is 4.78. The van der Waals surface area contributed by atoms with E-state index in [0.29, 0.717) is 11.8 Å². The Bertz CT molecular complexity index is 559. The van der Waals surface area contributed by atoms with Crippen LogP contribution >= 0.6 is 0 Å². The highest BCUT2D eigenvalue weighted by Gasteiger charge is 2.25. The molecule has 22 heavy (non-hydrogen) atoms. The fourth-order valence-corrected chi connectivity index (χ4v) is 3.40. The van der Waals surface area contributed by atoms with Crippen LogP contribution in [0.2, 0.25) is 0 Å². The van der Waals surface area contributed by atoms with E-state index in [1.165, 1.54) is 51.4 Å². The predicted molar refractivity (Wildman–Crippen MR) is 86.4 cm³/mol. The van der Waals surface area contributed by atoms with Gasteiger partial charge in [0.05, 0.1) is 5.56 Å². The van der Waals surface area contributed by atoms with Crippen molar-refractivity contribution in [2.45, 2.75) is 64.2 Å². The van der Waals surface area contributed by atoms with Gasteiger partial charge in [-0.05, 0) is 43.7 Å². The molecule has 4 heteroatoms. The van der Waals surface area contributed by atoms with E-state index in [-0.39, 0.29) is 0 Å². The van der Waals surface area contributed by atoms with Crippen molar-refractivity contribution in [3.63, 3.8) is 0 Å². The van der Waals surface area contributed by atoms with Crippen molar-refractivity contribution in [2.75, 3.05) is 0 Å². The molecule has 2 aromatic heterocycles. The molecule has 0 N–H and O–H groups in total. The molecule has 4 nitrogen and oxygen atoms in total.